The van der Waals surface area contributed by atoms with Gasteiger partial charge in [0.15, 0.2) is 0 Å². The first-order valence-electron chi connectivity index (χ1n) is 8.69. The van der Waals surface area contributed by atoms with Gasteiger partial charge in [0.25, 0.3) is 0 Å². The smallest absolute Gasteiger partial charge is 0.225 e. The molecule has 1 heterocycles. The lowest BCUT2D eigenvalue weighted by atomic mass is 9.87. The highest BCUT2D eigenvalue weighted by atomic mass is 16.5. The van der Waals surface area contributed by atoms with Crippen molar-refractivity contribution in [2.24, 2.45) is 0 Å². The zero-order valence-electron chi connectivity index (χ0n) is 14.4. The standard InChI is InChI=1S/C19H29NO3/c1-3-17(16-8-5-4-6-9-16)18-10-7-12-20(18)19(21)11-13-23-15-14-22-2/h4-6,8-9,17-18H,3,7,10-15H2,1-2H3/t17-,18-/m1/s1. The Bertz CT molecular complexity index is 463. The van der Waals surface area contributed by atoms with Crippen LogP contribution in [0, 0.1) is 0 Å². The molecule has 0 aliphatic carbocycles. The summed E-state index contributed by atoms with van der Waals surface area (Å²) >= 11 is 0. The molecule has 0 saturated carbocycles. The normalized spacial score (nSPS) is 19.0. The first-order chi connectivity index (χ1) is 11.3. The number of likely N-dealkylation sites (tertiary alicyclic amines) is 1. The van der Waals surface area contributed by atoms with E-state index in [1.165, 1.54) is 5.56 Å². The van der Waals surface area contributed by atoms with Crippen molar-refractivity contribution >= 4 is 5.91 Å². The number of carbonyl (C=O) groups excluding carboxylic acids is 1. The summed E-state index contributed by atoms with van der Waals surface area (Å²) in [5, 5.41) is 0. The maximum absolute atomic E-state index is 12.6. The fourth-order valence-corrected chi connectivity index (χ4v) is 3.50. The molecule has 1 aliphatic heterocycles. The minimum absolute atomic E-state index is 0.222. The molecule has 0 N–H and O–H groups in total. The third-order valence-corrected chi connectivity index (χ3v) is 4.64. The lowest BCUT2D eigenvalue weighted by Crippen LogP contribution is -2.39. The molecule has 0 radical (unpaired) electrons. The number of amides is 1. The van der Waals surface area contributed by atoms with Crippen LogP contribution in [-0.2, 0) is 14.3 Å². The van der Waals surface area contributed by atoms with Crippen LogP contribution in [0.25, 0.3) is 0 Å². The van der Waals surface area contributed by atoms with Crippen LogP contribution in [0.15, 0.2) is 30.3 Å². The summed E-state index contributed by atoms with van der Waals surface area (Å²) < 4.78 is 10.4. The van der Waals surface area contributed by atoms with Crippen molar-refractivity contribution in [1.29, 1.82) is 0 Å². The van der Waals surface area contributed by atoms with Gasteiger partial charge in [0, 0.05) is 25.6 Å². The molecule has 4 nitrogen and oxygen atoms in total. The molecule has 23 heavy (non-hydrogen) atoms. The molecule has 1 fully saturated rings. The third kappa shape index (κ3) is 5.05. The molecule has 0 spiro atoms. The molecule has 0 aromatic heterocycles. The lowest BCUT2D eigenvalue weighted by molar-refractivity contribution is -0.133. The van der Waals surface area contributed by atoms with Gasteiger partial charge < -0.3 is 14.4 Å². The summed E-state index contributed by atoms with van der Waals surface area (Å²) in [5.74, 6) is 0.649. The Morgan fingerprint density at radius 2 is 2.04 bits per heavy atom. The Balaban J connectivity index is 1.92. The molecule has 128 valence electrons. The first kappa shape index (κ1) is 18.0. The lowest BCUT2D eigenvalue weighted by Gasteiger charge is -2.31. The number of ether oxygens (including phenoxy) is 2. The largest absolute Gasteiger partial charge is 0.382 e. The van der Waals surface area contributed by atoms with Crippen LogP contribution in [-0.4, -0.2) is 50.3 Å². The number of benzene rings is 1. The minimum atomic E-state index is 0.222. The third-order valence-electron chi connectivity index (χ3n) is 4.64. The summed E-state index contributed by atoms with van der Waals surface area (Å²) in [5.41, 5.74) is 1.34. The van der Waals surface area contributed by atoms with E-state index in [4.69, 9.17) is 9.47 Å². The van der Waals surface area contributed by atoms with Gasteiger partial charge in [-0.2, -0.15) is 0 Å². The SMILES string of the molecule is CC[C@H](c1ccccc1)[C@H]1CCCN1C(=O)CCOCCOC. The molecule has 2 atom stereocenters. The molecule has 0 bridgehead atoms. The van der Waals surface area contributed by atoms with Crippen molar-refractivity contribution in [2.45, 2.75) is 44.6 Å². The van der Waals surface area contributed by atoms with E-state index < -0.39 is 0 Å². The molecule has 1 aromatic rings. The second-order valence-electron chi connectivity index (χ2n) is 6.08. The zero-order valence-corrected chi connectivity index (χ0v) is 14.4. The van der Waals surface area contributed by atoms with Gasteiger partial charge in [0.05, 0.1) is 26.2 Å². The molecule has 2 rings (SSSR count). The molecule has 4 heteroatoms. The van der Waals surface area contributed by atoms with E-state index in [1.54, 1.807) is 7.11 Å². The van der Waals surface area contributed by atoms with Crippen molar-refractivity contribution < 1.29 is 14.3 Å². The zero-order chi connectivity index (χ0) is 16.5. The number of carbonyl (C=O) groups is 1. The van der Waals surface area contributed by atoms with Crippen molar-refractivity contribution in [2.75, 3.05) is 33.5 Å². The molecule has 1 amide bonds. The van der Waals surface area contributed by atoms with Crippen molar-refractivity contribution in [3.8, 4) is 0 Å². The predicted molar refractivity (Wildman–Crippen MR) is 91.5 cm³/mol. The maximum Gasteiger partial charge on any atom is 0.225 e. The van der Waals surface area contributed by atoms with Crippen LogP contribution >= 0.6 is 0 Å². The Labute approximate surface area is 139 Å². The van der Waals surface area contributed by atoms with E-state index >= 15 is 0 Å². The average molecular weight is 319 g/mol. The summed E-state index contributed by atoms with van der Waals surface area (Å²) in [6.07, 6.45) is 3.72. The van der Waals surface area contributed by atoms with Crippen LogP contribution in [0.4, 0.5) is 0 Å². The Hall–Kier alpha value is -1.39. The van der Waals surface area contributed by atoms with Gasteiger partial charge in [0.1, 0.15) is 0 Å². The van der Waals surface area contributed by atoms with Gasteiger partial charge in [-0.1, -0.05) is 37.3 Å². The average Bonchev–Trinajstić information content (AvgIpc) is 3.06. The Kier molecular flexibility index (Phi) is 7.56. The monoisotopic (exact) mass is 319 g/mol. The minimum Gasteiger partial charge on any atom is -0.382 e. The van der Waals surface area contributed by atoms with Crippen LogP contribution in [0.1, 0.15) is 44.1 Å². The molecular weight excluding hydrogens is 290 g/mol. The summed E-state index contributed by atoms with van der Waals surface area (Å²) in [6.45, 7) is 4.70. The van der Waals surface area contributed by atoms with E-state index in [1.807, 2.05) is 6.07 Å². The number of nitrogens with zero attached hydrogens (tertiary/aromatic N) is 1. The van der Waals surface area contributed by atoms with E-state index in [-0.39, 0.29) is 5.91 Å². The molecule has 1 aromatic carbocycles. The topological polar surface area (TPSA) is 38.8 Å². The van der Waals surface area contributed by atoms with E-state index in [0.29, 0.717) is 38.2 Å². The van der Waals surface area contributed by atoms with Crippen molar-refractivity contribution in [3.63, 3.8) is 0 Å². The number of rotatable bonds is 9. The fraction of sp³-hybridized carbons (Fsp3) is 0.632. The fourth-order valence-electron chi connectivity index (χ4n) is 3.50. The second-order valence-corrected chi connectivity index (χ2v) is 6.08. The highest BCUT2D eigenvalue weighted by Gasteiger charge is 2.34. The second kappa shape index (κ2) is 9.68. The molecular formula is C19H29NO3. The summed E-state index contributed by atoms with van der Waals surface area (Å²) in [4.78, 5) is 14.6. The van der Waals surface area contributed by atoms with Crippen molar-refractivity contribution in [1.82, 2.24) is 4.90 Å². The van der Waals surface area contributed by atoms with Gasteiger partial charge in [0.2, 0.25) is 5.91 Å². The first-order valence-corrected chi connectivity index (χ1v) is 8.69. The van der Waals surface area contributed by atoms with Gasteiger partial charge in [-0.15, -0.1) is 0 Å². The van der Waals surface area contributed by atoms with Gasteiger partial charge in [-0.25, -0.2) is 0 Å². The predicted octanol–water partition coefficient (Wildman–Crippen LogP) is 3.22. The maximum atomic E-state index is 12.6. The number of methoxy groups -OCH3 is 1. The molecule has 1 saturated heterocycles. The quantitative estimate of drug-likeness (QED) is 0.656. The number of hydrogen-bond donors (Lipinski definition) is 0. The van der Waals surface area contributed by atoms with Gasteiger partial charge >= 0.3 is 0 Å². The van der Waals surface area contributed by atoms with Crippen LogP contribution in [0.3, 0.4) is 0 Å². The van der Waals surface area contributed by atoms with E-state index in [2.05, 4.69) is 36.1 Å². The molecule has 0 unspecified atom stereocenters. The Morgan fingerprint density at radius 3 is 2.74 bits per heavy atom. The Morgan fingerprint density at radius 1 is 1.26 bits per heavy atom. The summed E-state index contributed by atoms with van der Waals surface area (Å²) in [7, 11) is 1.65. The van der Waals surface area contributed by atoms with E-state index in [0.717, 1.165) is 25.8 Å². The van der Waals surface area contributed by atoms with Crippen LogP contribution in [0.2, 0.25) is 0 Å². The highest BCUT2D eigenvalue weighted by Crippen LogP contribution is 2.33. The van der Waals surface area contributed by atoms with Crippen LogP contribution < -0.4 is 0 Å². The van der Waals surface area contributed by atoms with Gasteiger partial charge in [-0.3, -0.25) is 4.79 Å². The van der Waals surface area contributed by atoms with Crippen LogP contribution in [0.5, 0.6) is 0 Å². The summed E-state index contributed by atoms with van der Waals surface area (Å²) in [6, 6.07) is 10.9. The number of hydrogen-bond acceptors (Lipinski definition) is 3. The molecule has 1 aliphatic rings. The van der Waals surface area contributed by atoms with E-state index in [9.17, 15) is 4.79 Å². The van der Waals surface area contributed by atoms with Crippen molar-refractivity contribution in [3.05, 3.63) is 35.9 Å². The highest BCUT2D eigenvalue weighted by molar-refractivity contribution is 5.77. The van der Waals surface area contributed by atoms with Gasteiger partial charge in [-0.05, 0) is 24.8 Å².